The Morgan fingerprint density at radius 2 is 1.57 bits per heavy atom. The molecule has 0 aliphatic heterocycles. The zero-order chi connectivity index (χ0) is 14.9. The van der Waals surface area contributed by atoms with Crippen LogP contribution in [-0.4, -0.2) is 0 Å². The van der Waals surface area contributed by atoms with E-state index in [4.69, 9.17) is 0 Å². The fraction of sp³-hybridized carbons (Fsp3) is 0.400. The van der Waals surface area contributed by atoms with Crippen molar-refractivity contribution >= 4 is 6.08 Å². The van der Waals surface area contributed by atoms with Crippen molar-refractivity contribution in [3.8, 4) is 0 Å². The molecule has 0 spiro atoms. The first-order chi connectivity index (χ1) is 9.33. The Labute approximate surface area is 173 Å². The number of hydrogen-bond donors (Lipinski definition) is 0. The summed E-state index contributed by atoms with van der Waals surface area (Å²) >= 11 is 0. The van der Waals surface area contributed by atoms with Crippen molar-refractivity contribution in [3.05, 3.63) is 64.3 Å². The van der Waals surface area contributed by atoms with Gasteiger partial charge in [-0.1, -0.05) is 64.2 Å². The molecule has 2 aliphatic rings. The largest absolute Gasteiger partial charge is 4.00 e. The Morgan fingerprint density at radius 3 is 1.96 bits per heavy atom. The standard InChI is InChI=1S/C10H9.C10H15.2ClH.Zr/c1-8-6-7-9-4-2-3-5-10(8)9;1-7-6-10(4,5)9(3)8(7)2;;;/h2-5,7-8H,1H3;1-5H3;2*1H;/q2*-1;;;+4/p-2. The molecular weight excluding hydrogens is 402 g/mol. The van der Waals surface area contributed by atoms with E-state index in [0.717, 1.165) is 0 Å². The van der Waals surface area contributed by atoms with Gasteiger partial charge in [-0.2, -0.15) is 16.7 Å². The molecule has 1 aromatic carbocycles. The van der Waals surface area contributed by atoms with Crippen molar-refractivity contribution < 1.29 is 51.0 Å². The predicted molar refractivity (Wildman–Crippen MR) is 87.1 cm³/mol. The van der Waals surface area contributed by atoms with E-state index in [1.54, 1.807) is 0 Å². The minimum Gasteiger partial charge on any atom is -1.00 e. The topological polar surface area (TPSA) is 0 Å². The molecule has 3 rings (SSSR count). The first-order valence-electron chi connectivity index (χ1n) is 7.31. The molecule has 0 saturated carbocycles. The van der Waals surface area contributed by atoms with Crippen LogP contribution >= 0.6 is 0 Å². The van der Waals surface area contributed by atoms with Gasteiger partial charge in [0.1, 0.15) is 0 Å². The van der Waals surface area contributed by atoms with Crippen molar-refractivity contribution in [1.29, 1.82) is 0 Å². The fourth-order valence-corrected chi connectivity index (χ4v) is 2.75. The number of benzene rings is 1. The van der Waals surface area contributed by atoms with E-state index in [-0.39, 0.29) is 56.4 Å². The molecule has 1 aromatic rings. The maximum atomic E-state index is 3.44. The molecule has 0 heterocycles. The summed E-state index contributed by atoms with van der Waals surface area (Å²) in [6.07, 6.45) is 8.76. The molecule has 122 valence electrons. The molecule has 3 heteroatoms. The van der Waals surface area contributed by atoms with Gasteiger partial charge >= 0.3 is 26.2 Å². The summed E-state index contributed by atoms with van der Waals surface area (Å²) in [5.41, 5.74) is 7.13. The average molecular weight is 427 g/mol. The van der Waals surface area contributed by atoms with Crippen LogP contribution in [0.3, 0.4) is 0 Å². The van der Waals surface area contributed by atoms with Crippen LogP contribution < -0.4 is 24.8 Å². The second-order valence-electron chi connectivity index (χ2n) is 6.29. The molecule has 2 aliphatic carbocycles. The van der Waals surface area contributed by atoms with E-state index >= 15 is 0 Å². The summed E-state index contributed by atoms with van der Waals surface area (Å²) < 4.78 is 0. The maximum Gasteiger partial charge on any atom is 4.00 e. The summed E-state index contributed by atoms with van der Waals surface area (Å²) in [7, 11) is 0. The third-order valence-corrected chi connectivity index (χ3v) is 4.51. The first kappa shape index (κ1) is 25.1. The molecule has 0 aromatic heterocycles. The van der Waals surface area contributed by atoms with Crippen LogP contribution in [0, 0.1) is 17.6 Å². The quantitative estimate of drug-likeness (QED) is 0.502. The summed E-state index contributed by atoms with van der Waals surface area (Å²) in [5, 5.41) is 0. The molecule has 1 atom stereocenters. The minimum atomic E-state index is 0. The van der Waals surface area contributed by atoms with Gasteiger partial charge < -0.3 is 24.8 Å². The monoisotopic (exact) mass is 424 g/mol. The molecule has 0 amide bonds. The van der Waals surface area contributed by atoms with E-state index in [9.17, 15) is 0 Å². The van der Waals surface area contributed by atoms with Crippen LogP contribution in [0.4, 0.5) is 0 Å². The van der Waals surface area contributed by atoms with Crippen LogP contribution in [0.15, 0.2) is 41.0 Å². The second kappa shape index (κ2) is 10.0. The molecule has 0 nitrogen and oxygen atoms in total. The van der Waals surface area contributed by atoms with Gasteiger partial charge in [0.15, 0.2) is 0 Å². The molecule has 0 fully saturated rings. The molecule has 1 unspecified atom stereocenters. The van der Waals surface area contributed by atoms with E-state index < -0.39 is 0 Å². The van der Waals surface area contributed by atoms with Gasteiger partial charge in [-0.05, 0) is 0 Å². The number of allylic oxidation sites excluding steroid dienone is 5. The van der Waals surface area contributed by atoms with Crippen molar-refractivity contribution in [2.75, 3.05) is 0 Å². The zero-order valence-corrected chi connectivity index (χ0v) is 18.7. The van der Waals surface area contributed by atoms with E-state index in [2.05, 4.69) is 84.0 Å². The Kier molecular flexibility index (Phi) is 11.0. The van der Waals surface area contributed by atoms with Crippen LogP contribution in [0.2, 0.25) is 0 Å². The normalized spacial score (nSPS) is 19.4. The van der Waals surface area contributed by atoms with Crippen LogP contribution in [0.5, 0.6) is 0 Å². The van der Waals surface area contributed by atoms with Crippen molar-refractivity contribution in [1.82, 2.24) is 0 Å². The maximum absolute atomic E-state index is 3.44. The number of fused-ring (bicyclic) bond motifs is 1. The van der Waals surface area contributed by atoms with E-state index in [1.807, 2.05) is 0 Å². The van der Waals surface area contributed by atoms with Crippen molar-refractivity contribution in [2.45, 2.75) is 47.5 Å². The van der Waals surface area contributed by atoms with Crippen molar-refractivity contribution in [3.63, 3.8) is 0 Å². The number of halogens is 2. The SMILES string of the molecule is CC1=[C-]C(C)(C)C(C)=C1C.CC1[C-]=Cc2ccccc21.[Cl-].[Cl-].[Zr+4]. The van der Waals surface area contributed by atoms with Gasteiger partial charge in [0.25, 0.3) is 0 Å². The summed E-state index contributed by atoms with van der Waals surface area (Å²) in [6.45, 7) is 13.1. The minimum absolute atomic E-state index is 0. The van der Waals surface area contributed by atoms with Gasteiger partial charge in [0.05, 0.1) is 0 Å². The molecule has 0 bridgehead atoms. The second-order valence-corrected chi connectivity index (χ2v) is 6.29. The Balaban J connectivity index is 0. The Hall–Kier alpha value is -0.0969. The van der Waals surface area contributed by atoms with E-state index in [1.165, 1.54) is 27.8 Å². The third-order valence-electron chi connectivity index (χ3n) is 4.51. The molecule has 23 heavy (non-hydrogen) atoms. The van der Waals surface area contributed by atoms with Crippen LogP contribution in [0.1, 0.15) is 58.6 Å². The van der Waals surface area contributed by atoms with Gasteiger partial charge in [-0.3, -0.25) is 12.2 Å². The van der Waals surface area contributed by atoms with Crippen LogP contribution in [0.25, 0.3) is 6.08 Å². The van der Waals surface area contributed by atoms with Crippen molar-refractivity contribution in [2.24, 2.45) is 5.41 Å². The fourth-order valence-electron chi connectivity index (χ4n) is 2.75. The summed E-state index contributed by atoms with van der Waals surface area (Å²) in [5.74, 6) is 0.496. The smallest absolute Gasteiger partial charge is 1.00 e. The number of hydrogen-bond acceptors (Lipinski definition) is 0. The Morgan fingerprint density at radius 1 is 1.00 bits per heavy atom. The third kappa shape index (κ3) is 5.73. The first-order valence-corrected chi connectivity index (χ1v) is 7.31. The number of rotatable bonds is 0. The average Bonchev–Trinajstić information content (AvgIpc) is 2.86. The summed E-state index contributed by atoms with van der Waals surface area (Å²) in [6, 6.07) is 8.44. The molecule has 0 radical (unpaired) electrons. The van der Waals surface area contributed by atoms with Gasteiger partial charge in [0, 0.05) is 0 Å². The molecule has 0 saturated heterocycles. The van der Waals surface area contributed by atoms with E-state index in [0.29, 0.717) is 5.92 Å². The van der Waals surface area contributed by atoms with Crippen LogP contribution in [-0.2, 0) is 26.2 Å². The molecular formula is C20H24Cl2Zr. The molecule has 0 N–H and O–H groups in total. The van der Waals surface area contributed by atoms with Gasteiger partial charge in [-0.15, -0.1) is 18.6 Å². The predicted octanol–water partition coefficient (Wildman–Crippen LogP) is -0.262. The van der Waals surface area contributed by atoms with Gasteiger partial charge in [0.2, 0.25) is 0 Å². The van der Waals surface area contributed by atoms with Gasteiger partial charge in [-0.25, -0.2) is 11.6 Å². The zero-order valence-electron chi connectivity index (χ0n) is 14.7. The summed E-state index contributed by atoms with van der Waals surface area (Å²) in [4.78, 5) is 0. The Bertz CT molecular complexity index is 610.